The zero-order valence-electron chi connectivity index (χ0n) is 19.2. The Morgan fingerprint density at radius 1 is 0.970 bits per heavy atom. The summed E-state index contributed by atoms with van der Waals surface area (Å²) >= 11 is 0. The van der Waals surface area contributed by atoms with Gasteiger partial charge in [0.15, 0.2) is 0 Å². The van der Waals surface area contributed by atoms with Crippen LogP contribution in [0.3, 0.4) is 0 Å². The predicted molar refractivity (Wildman–Crippen MR) is 130 cm³/mol. The van der Waals surface area contributed by atoms with Gasteiger partial charge in [-0.3, -0.25) is 19.3 Å². The maximum atomic E-state index is 13.6. The molecule has 2 atom stereocenters. The molecule has 0 bridgehead atoms. The number of nitrogens with one attached hydrogen (secondary N) is 1. The molecule has 4 rings (SSSR count). The van der Waals surface area contributed by atoms with E-state index in [4.69, 9.17) is 0 Å². The van der Waals surface area contributed by atoms with Gasteiger partial charge in [0, 0.05) is 23.5 Å². The van der Waals surface area contributed by atoms with Crippen molar-refractivity contribution in [1.29, 1.82) is 0 Å². The van der Waals surface area contributed by atoms with E-state index in [1.54, 1.807) is 17.9 Å². The molecule has 1 heterocycles. The van der Waals surface area contributed by atoms with Crippen LogP contribution in [-0.4, -0.2) is 41.2 Å². The van der Waals surface area contributed by atoms with Crippen LogP contribution in [0, 0.1) is 0 Å². The molecule has 0 aromatic heterocycles. The summed E-state index contributed by atoms with van der Waals surface area (Å²) in [5, 5.41) is 4.81. The third-order valence-electron chi connectivity index (χ3n) is 6.31. The van der Waals surface area contributed by atoms with E-state index in [1.165, 1.54) is 4.90 Å². The first-order chi connectivity index (χ1) is 15.9. The molecule has 0 radical (unpaired) electrons. The molecule has 0 saturated heterocycles. The minimum Gasteiger partial charge on any atom is -0.352 e. The lowest BCUT2D eigenvalue weighted by molar-refractivity contribution is -0.139. The molecular weight excluding hydrogens is 414 g/mol. The second-order valence-electron chi connectivity index (χ2n) is 8.57. The molecule has 0 aliphatic carbocycles. The molecule has 33 heavy (non-hydrogen) atoms. The Morgan fingerprint density at radius 3 is 2.36 bits per heavy atom. The van der Waals surface area contributed by atoms with Gasteiger partial charge >= 0.3 is 0 Å². The average Bonchev–Trinajstić information content (AvgIpc) is 3.10. The number of carbonyl (C=O) groups excluding carboxylic acids is 3. The predicted octanol–water partition coefficient (Wildman–Crippen LogP) is 4.13. The number of anilines is 1. The zero-order chi connectivity index (χ0) is 23.5. The molecule has 0 unspecified atom stereocenters. The fourth-order valence-electron chi connectivity index (χ4n) is 4.19. The Bertz CT molecular complexity index is 1190. The molecule has 0 spiro atoms. The van der Waals surface area contributed by atoms with E-state index in [9.17, 15) is 14.4 Å². The number of hydrogen-bond donors (Lipinski definition) is 1. The van der Waals surface area contributed by atoms with Crippen LogP contribution in [0.5, 0.6) is 0 Å². The Hall–Kier alpha value is -3.67. The highest BCUT2D eigenvalue weighted by Gasteiger charge is 2.34. The van der Waals surface area contributed by atoms with Crippen molar-refractivity contribution in [2.45, 2.75) is 45.8 Å². The van der Waals surface area contributed by atoms with Gasteiger partial charge in [-0.2, -0.15) is 0 Å². The van der Waals surface area contributed by atoms with E-state index in [0.717, 1.165) is 28.4 Å². The monoisotopic (exact) mass is 443 g/mol. The zero-order valence-corrected chi connectivity index (χ0v) is 19.2. The van der Waals surface area contributed by atoms with Crippen LogP contribution in [0.2, 0.25) is 0 Å². The van der Waals surface area contributed by atoms with Crippen LogP contribution >= 0.6 is 0 Å². The van der Waals surface area contributed by atoms with E-state index in [2.05, 4.69) is 5.32 Å². The van der Waals surface area contributed by atoms with Gasteiger partial charge in [-0.15, -0.1) is 0 Å². The fraction of sp³-hybridized carbons (Fsp3) is 0.296. The molecule has 0 saturated carbocycles. The van der Waals surface area contributed by atoms with Crippen molar-refractivity contribution >= 4 is 34.2 Å². The Balaban J connectivity index is 1.61. The molecule has 6 heteroatoms. The lowest BCUT2D eigenvalue weighted by Gasteiger charge is -2.31. The Labute approximate surface area is 194 Å². The highest BCUT2D eigenvalue weighted by atomic mass is 16.2. The molecule has 1 aliphatic rings. The second kappa shape index (κ2) is 9.45. The van der Waals surface area contributed by atoms with Gasteiger partial charge in [-0.1, -0.05) is 61.5 Å². The molecule has 3 amide bonds. The SMILES string of the molecule is CC[C@H](C)NC(=O)[C@H](C)N(Cc1ccccc1)C(=O)CN1C(=O)c2cccc3cccc1c23. The minimum atomic E-state index is -0.678. The molecule has 6 nitrogen and oxygen atoms in total. The van der Waals surface area contributed by atoms with E-state index >= 15 is 0 Å². The molecule has 1 N–H and O–H groups in total. The summed E-state index contributed by atoms with van der Waals surface area (Å²) in [6.45, 7) is 5.84. The molecule has 0 fully saturated rings. The number of hydrogen-bond acceptors (Lipinski definition) is 3. The van der Waals surface area contributed by atoms with Crippen molar-refractivity contribution in [3.63, 3.8) is 0 Å². The first kappa shape index (κ1) is 22.5. The van der Waals surface area contributed by atoms with Gasteiger partial charge in [0.1, 0.15) is 12.6 Å². The van der Waals surface area contributed by atoms with Crippen LogP contribution < -0.4 is 10.2 Å². The van der Waals surface area contributed by atoms with E-state index in [-0.39, 0.29) is 36.9 Å². The summed E-state index contributed by atoms with van der Waals surface area (Å²) in [6.07, 6.45) is 0.801. The van der Waals surface area contributed by atoms with Crippen LogP contribution in [-0.2, 0) is 16.1 Å². The van der Waals surface area contributed by atoms with Crippen molar-refractivity contribution < 1.29 is 14.4 Å². The molecule has 3 aromatic carbocycles. The minimum absolute atomic E-state index is 0.0147. The maximum Gasteiger partial charge on any atom is 0.259 e. The lowest BCUT2D eigenvalue weighted by Crippen LogP contribution is -2.52. The summed E-state index contributed by atoms with van der Waals surface area (Å²) in [4.78, 5) is 42.7. The van der Waals surface area contributed by atoms with E-state index < -0.39 is 6.04 Å². The molecule has 1 aliphatic heterocycles. The van der Waals surface area contributed by atoms with Gasteiger partial charge in [-0.25, -0.2) is 0 Å². The quantitative estimate of drug-likeness (QED) is 0.569. The third kappa shape index (κ3) is 4.46. The van der Waals surface area contributed by atoms with Gasteiger partial charge < -0.3 is 10.2 Å². The van der Waals surface area contributed by atoms with Crippen LogP contribution in [0.1, 0.15) is 43.1 Å². The van der Waals surface area contributed by atoms with Gasteiger partial charge in [0.25, 0.3) is 5.91 Å². The average molecular weight is 444 g/mol. The summed E-state index contributed by atoms with van der Waals surface area (Å²) in [6, 6.07) is 20.2. The summed E-state index contributed by atoms with van der Waals surface area (Å²) in [5.74, 6) is -0.665. The smallest absolute Gasteiger partial charge is 0.259 e. The van der Waals surface area contributed by atoms with Crippen LogP contribution in [0.15, 0.2) is 66.7 Å². The van der Waals surface area contributed by atoms with Crippen molar-refractivity contribution in [3.05, 3.63) is 77.9 Å². The number of amides is 3. The van der Waals surface area contributed by atoms with Crippen molar-refractivity contribution in [2.24, 2.45) is 0 Å². The first-order valence-electron chi connectivity index (χ1n) is 11.4. The molecule has 170 valence electrons. The third-order valence-corrected chi connectivity index (χ3v) is 6.31. The standard InChI is InChI=1S/C27H29N3O3/c1-4-18(2)28-26(32)19(3)29(16-20-10-6-5-7-11-20)24(31)17-30-23-15-9-13-21-12-8-14-22(25(21)23)27(30)33/h5-15,18-19H,4,16-17H2,1-3H3,(H,28,32)/t18-,19-/m0/s1. The molecule has 3 aromatic rings. The summed E-state index contributed by atoms with van der Waals surface area (Å²) < 4.78 is 0. The van der Waals surface area contributed by atoms with E-state index in [1.807, 2.05) is 74.5 Å². The van der Waals surface area contributed by atoms with Crippen molar-refractivity contribution in [2.75, 3.05) is 11.4 Å². The van der Waals surface area contributed by atoms with Crippen LogP contribution in [0.25, 0.3) is 10.8 Å². The number of rotatable bonds is 8. The van der Waals surface area contributed by atoms with Crippen molar-refractivity contribution in [3.8, 4) is 0 Å². The fourth-order valence-corrected chi connectivity index (χ4v) is 4.19. The lowest BCUT2D eigenvalue weighted by atomic mass is 10.1. The number of nitrogens with zero attached hydrogens (tertiary/aromatic N) is 2. The van der Waals surface area contributed by atoms with Gasteiger partial charge in [0.05, 0.1) is 5.69 Å². The maximum absolute atomic E-state index is 13.6. The Kier molecular flexibility index (Phi) is 6.45. The topological polar surface area (TPSA) is 69.7 Å². The highest BCUT2D eigenvalue weighted by Crippen LogP contribution is 2.37. The summed E-state index contributed by atoms with van der Waals surface area (Å²) in [7, 11) is 0. The van der Waals surface area contributed by atoms with Crippen molar-refractivity contribution in [1.82, 2.24) is 10.2 Å². The normalized spacial score (nSPS) is 14.3. The van der Waals surface area contributed by atoms with Gasteiger partial charge in [0.2, 0.25) is 11.8 Å². The highest BCUT2D eigenvalue weighted by molar-refractivity contribution is 6.26. The first-order valence-corrected chi connectivity index (χ1v) is 11.4. The van der Waals surface area contributed by atoms with Gasteiger partial charge in [-0.05, 0) is 43.4 Å². The number of carbonyl (C=O) groups is 3. The van der Waals surface area contributed by atoms with Crippen LogP contribution in [0.4, 0.5) is 5.69 Å². The Morgan fingerprint density at radius 2 is 1.67 bits per heavy atom. The summed E-state index contributed by atoms with van der Waals surface area (Å²) in [5.41, 5.74) is 2.26. The number of benzene rings is 3. The van der Waals surface area contributed by atoms with E-state index in [0.29, 0.717) is 5.56 Å². The second-order valence-corrected chi connectivity index (χ2v) is 8.57. The largest absolute Gasteiger partial charge is 0.352 e. The molecular formula is C27H29N3O3.